The number of aliphatic imine (C=N–C) groups is 1. The molecule has 0 saturated carbocycles. The van der Waals surface area contributed by atoms with Gasteiger partial charge < -0.3 is 11.5 Å². The Morgan fingerprint density at radius 2 is 2.09 bits per heavy atom. The van der Waals surface area contributed by atoms with Gasteiger partial charge in [0.25, 0.3) is 0 Å². The van der Waals surface area contributed by atoms with Gasteiger partial charge in [0.1, 0.15) is 5.82 Å². The molecule has 2 aromatic rings. The molecule has 5 nitrogen and oxygen atoms in total. The molecule has 0 saturated heterocycles. The minimum Gasteiger partial charge on any atom is -0.395 e. The fraction of sp³-hybridized carbons (Fsp3) is 0.481. The quantitative estimate of drug-likeness (QED) is 0.200. The van der Waals surface area contributed by atoms with Crippen molar-refractivity contribution in [2.75, 3.05) is 30.8 Å². The van der Waals surface area contributed by atoms with Gasteiger partial charge in [-0.2, -0.15) is 0 Å². The summed E-state index contributed by atoms with van der Waals surface area (Å²) in [6, 6.07) is 6.52. The highest BCUT2D eigenvalue weighted by Crippen LogP contribution is 2.32. The van der Waals surface area contributed by atoms with Crippen LogP contribution in [0.1, 0.15) is 63.5 Å². The Morgan fingerprint density at radius 1 is 1.24 bits per heavy atom. The number of nitrogen functional groups attached to an aromatic ring is 2. The molecule has 33 heavy (non-hydrogen) atoms. The molecule has 0 amide bonds. The van der Waals surface area contributed by atoms with Crippen LogP contribution in [0.15, 0.2) is 47.0 Å². The number of nitrogens with zero attached hydrogens (tertiary/aromatic N) is 2. The second kappa shape index (κ2) is 12.8. The molecule has 1 aliphatic carbocycles. The molecule has 1 heterocycles. The summed E-state index contributed by atoms with van der Waals surface area (Å²) in [6.07, 6.45) is 16.2. The first-order valence-electron chi connectivity index (χ1n) is 12.2. The minimum atomic E-state index is 0.397. The second-order valence-electron chi connectivity index (χ2n) is 8.71. The van der Waals surface area contributed by atoms with Crippen LogP contribution in [0.2, 0.25) is 0 Å². The summed E-state index contributed by atoms with van der Waals surface area (Å²) in [5, 5.41) is 1.05. The molecule has 0 bridgehead atoms. The molecule has 6 heteroatoms. The van der Waals surface area contributed by atoms with E-state index in [1.165, 1.54) is 11.1 Å². The molecule has 178 valence electrons. The van der Waals surface area contributed by atoms with Crippen LogP contribution in [0.4, 0.5) is 11.5 Å². The highest BCUT2D eigenvalue weighted by molar-refractivity contribution is 7.96. The van der Waals surface area contributed by atoms with Crippen molar-refractivity contribution >= 4 is 40.1 Å². The third kappa shape index (κ3) is 6.84. The van der Waals surface area contributed by atoms with Crippen molar-refractivity contribution in [2.24, 2.45) is 10.9 Å². The molecule has 1 aliphatic rings. The average molecular weight is 466 g/mol. The van der Waals surface area contributed by atoms with Crippen LogP contribution >= 0.6 is 11.9 Å². The summed E-state index contributed by atoms with van der Waals surface area (Å²) in [7, 11) is 0. The van der Waals surface area contributed by atoms with Gasteiger partial charge in [-0.1, -0.05) is 68.2 Å². The van der Waals surface area contributed by atoms with E-state index < -0.39 is 0 Å². The molecule has 0 radical (unpaired) electrons. The normalized spacial score (nSPS) is 16.4. The van der Waals surface area contributed by atoms with Gasteiger partial charge in [-0.05, 0) is 62.3 Å². The number of rotatable bonds is 12. The number of pyridine rings is 1. The van der Waals surface area contributed by atoms with Crippen molar-refractivity contribution in [3.8, 4) is 0 Å². The van der Waals surface area contributed by atoms with Crippen molar-refractivity contribution in [3.05, 3.63) is 53.1 Å². The number of aromatic nitrogens is 1. The fourth-order valence-electron chi connectivity index (χ4n) is 4.27. The maximum Gasteiger partial charge on any atom is 0.148 e. The van der Waals surface area contributed by atoms with E-state index in [2.05, 4.69) is 66.2 Å². The second-order valence-corrected chi connectivity index (χ2v) is 9.41. The zero-order valence-electron chi connectivity index (χ0n) is 20.4. The van der Waals surface area contributed by atoms with Crippen LogP contribution < -0.4 is 16.2 Å². The van der Waals surface area contributed by atoms with Gasteiger partial charge in [-0.15, -0.1) is 0 Å². The fourth-order valence-corrected chi connectivity index (χ4v) is 4.61. The summed E-state index contributed by atoms with van der Waals surface area (Å²) in [6.45, 7) is 6.19. The Morgan fingerprint density at radius 3 is 2.79 bits per heavy atom. The molecular formula is C27H39N5S. The number of anilines is 2. The molecule has 1 unspecified atom stereocenters. The van der Waals surface area contributed by atoms with E-state index in [0.29, 0.717) is 17.4 Å². The summed E-state index contributed by atoms with van der Waals surface area (Å²) in [5.41, 5.74) is 19.0. The smallest absolute Gasteiger partial charge is 0.148 e. The highest BCUT2D eigenvalue weighted by atomic mass is 32.2. The van der Waals surface area contributed by atoms with Crippen molar-refractivity contribution in [3.63, 3.8) is 0 Å². The third-order valence-electron chi connectivity index (χ3n) is 6.24. The number of allylic oxidation sites excluding steroid dienone is 4. The minimum absolute atomic E-state index is 0.397. The molecule has 0 aliphatic heterocycles. The number of aryl methyl sites for hydroxylation is 1. The van der Waals surface area contributed by atoms with Gasteiger partial charge in [0, 0.05) is 29.8 Å². The number of nitrogens with one attached hydrogen (secondary N) is 1. The van der Waals surface area contributed by atoms with E-state index in [-0.39, 0.29) is 0 Å². The number of hydrogen-bond donors (Lipinski definition) is 3. The largest absolute Gasteiger partial charge is 0.395 e. The van der Waals surface area contributed by atoms with E-state index in [9.17, 15) is 0 Å². The molecule has 1 aromatic carbocycles. The Hall–Kier alpha value is -2.31. The molecule has 1 aromatic heterocycles. The first-order chi connectivity index (χ1) is 16.1. The van der Waals surface area contributed by atoms with Crippen molar-refractivity contribution in [2.45, 2.75) is 58.8 Å². The van der Waals surface area contributed by atoms with Crippen molar-refractivity contribution in [1.29, 1.82) is 0 Å². The van der Waals surface area contributed by atoms with Crippen LogP contribution in [0.5, 0.6) is 0 Å². The lowest BCUT2D eigenvalue weighted by molar-refractivity contribution is 0.677. The SMILES string of the molecule is CCCCN=C(CC1C=CC(CC)=CC1)c1c(N)c(N)nc2cc(CCCNSC)ccc12. The lowest BCUT2D eigenvalue weighted by atomic mass is 9.88. The van der Waals surface area contributed by atoms with Gasteiger partial charge >= 0.3 is 0 Å². The molecular weight excluding hydrogens is 426 g/mol. The summed E-state index contributed by atoms with van der Waals surface area (Å²) < 4.78 is 3.30. The lowest BCUT2D eigenvalue weighted by Crippen LogP contribution is -2.15. The first-order valence-corrected chi connectivity index (χ1v) is 13.4. The van der Waals surface area contributed by atoms with E-state index >= 15 is 0 Å². The van der Waals surface area contributed by atoms with Crippen molar-refractivity contribution < 1.29 is 0 Å². The zero-order chi connectivity index (χ0) is 23.6. The molecule has 5 N–H and O–H groups in total. The van der Waals surface area contributed by atoms with E-state index in [4.69, 9.17) is 16.5 Å². The standard InChI is InChI=1S/C27H39N5S/c1-4-6-15-30-24(18-21-11-9-19(5-2)10-12-21)25-22-14-13-20(8-7-16-31-33-3)17-23(22)32-27(29)26(25)28/h9-11,13-14,17,21,31H,4-8,12,15-16,18,28H2,1-3H3,(H2,29,32). The number of nitrogens with two attached hydrogens (primary N) is 2. The predicted octanol–water partition coefficient (Wildman–Crippen LogP) is 6.09. The van der Waals surface area contributed by atoms with Crippen LogP contribution in [-0.2, 0) is 6.42 Å². The molecule has 0 fully saturated rings. The Balaban J connectivity index is 1.95. The number of benzene rings is 1. The summed E-state index contributed by atoms with van der Waals surface area (Å²) in [5.74, 6) is 0.821. The van der Waals surface area contributed by atoms with Crippen molar-refractivity contribution in [1.82, 2.24) is 9.71 Å². The third-order valence-corrected chi connectivity index (χ3v) is 6.73. The van der Waals surface area contributed by atoms with Gasteiger partial charge in [0.2, 0.25) is 0 Å². The van der Waals surface area contributed by atoms with E-state index in [1.807, 2.05) is 0 Å². The topological polar surface area (TPSA) is 89.3 Å². The van der Waals surface area contributed by atoms with Crippen LogP contribution in [0.3, 0.4) is 0 Å². The van der Waals surface area contributed by atoms with E-state index in [1.54, 1.807) is 11.9 Å². The van der Waals surface area contributed by atoms with Gasteiger partial charge in [0.05, 0.1) is 11.2 Å². The van der Waals surface area contributed by atoms with Gasteiger partial charge in [0.15, 0.2) is 0 Å². The highest BCUT2D eigenvalue weighted by Gasteiger charge is 2.20. The monoisotopic (exact) mass is 465 g/mol. The van der Waals surface area contributed by atoms with Crippen LogP contribution in [0, 0.1) is 5.92 Å². The number of hydrogen-bond acceptors (Lipinski definition) is 6. The molecule has 3 rings (SSSR count). The average Bonchev–Trinajstić information content (AvgIpc) is 2.83. The zero-order valence-corrected chi connectivity index (χ0v) is 21.2. The van der Waals surface area contributed by atoms with E-state index in [0.717, 1.165) is 80.2 Å². The molecule has 1 atom stereocenters. The Labute approximate surface area is 203 Å². The van der Waals surface area contributed by atoms with Gasteiger partial charge in [-0.3, -0.25) is 9.71 Å². The maximum absolute atomic E-state index is 6.55. The first kappa shape index (κ1) is 25.3. The molecule has 0 spiro atoms. The summed E-state index contributed by atoms with van der Waals surface area (Å²) in [4.78, 5) is 9.69. The summed E-state index contributed by atoms with van der Waals surface area (Å²) >= 11 is 1.66. The Kier molecular flexibility index (Phi) is 9.82. The predicted molar refractivity (Wildman–Crippen MR) is 147 cm³/mol. The van der Waals surface area contributed by atoms with Crippen LogP contribution in [0.25, 0.3) is 10.9 Å². The Bertz CT molecular complexity index is 1020. The maximum atomic E-state index is 6.55. The lowest BCUT2D eigenvalue weighted by Gasteiger charge is -2.20. The number of fused-ring (bicyclic) bond motifs is 1. The number of unbranched alkanes of at least 4 members (excludes halogenated alkanes) is 1. The van der Waals surface area contributed by atoms with Crippen LogP contribution in [-0.4, -0.2) is 30.0 Å². The van der Waals surface area contributed by atoms with Gasteiger partial charge in [-0.25, -0.2) is 4.98 Å².